The molecule has 1 heterocycles. The Kier molecular flexibility index (Phi) is 6.46. The van der Waals surface area contributed by atoms with Crippen molar-refractivity contribution in [3.63, 3.8) is 0 Å². The van der Waals surface area contributed by atoms with Gasteiger partial charge in [0.05, 0.1) is 0 Å². The van der Waals surface area contributed by atoms with E-state index in [1.807, 2.05) is 4.90 Å². The summed E-state index contributed by atoms with van der Waals surface area (Å²) in [6.07, 6.45) is 8.63. The maximum Gasteiger partial charge on any atom is 0.222 e. The van der Waals surface area contributed by atoms with Gasteiger partial charge in [-0.05, 0) is 32.1 Å². The van der Waals surface area contributed by atoms with E-state index in [1.54, 1.807) is 0 Å². The third-order valence-electron chi connectivity index (χ3n) is 3.45. The molecule has 0 aliphatic carbocycles. The fraction of sp³-hybridized carbons (Fsp3) is 0.923. The number of rotatable bonds is 5. The predicted octanol–water partition coefficient (Wildman–Crippen LogP) is 2.30. The van der Waals surface area contributed by atoms with Crippen LogP contribution in [0, 0.1) is 0 Å². The van der Waals surface area contributed by atoms with Crippen molar-refractivity contribution in [2.75, 3.05) is 13.1 Å². The molecule has 94 valence electrons. The van der Waals surface area contributed by atoms with Crippen LogP contribution in [0.3, 0.4) is 0 Å². The number of hydrogen-bond donors (Lipinski definition) is 1. The molecular weight excluding hydrogens is 200 g/mol. The Morgan fingerprint density at radius 3 is 2.81 bits per heavy atom. The van der Waals surface area contributed by atoms with Crippen molar-refractivity contribution in [3.05, 3.63) is 0 Å². The van der Waals surface area contributed by atoms with Crippen LogP contribution in [0.4, 0.5) is 0 Å². The lowest BCUT2D eigenvalue weighted by molar-refractivity contribution is -0.131. The molecule has 1 atom stereocenters. The molecular formula is C13H26N2O. The summed E-state index contributed by atoms with van der Waals surface area (Å²) in [5, 5.41) is 0. The van der Waals surface area contributed by atoms with Crippen LogP contribution in [-0.2, 0) is 4.79 Å². The molecule has 1 unspecified atom stereocenters. The Bertz CT molecular complexity index is 206. The summed E-state index contributed by atoms with van der Waals surface area (Å²) < 4.78 is 0. The smallest absolute Gasteiger partial charge is 0.222 e. The Labute approximate surface area is 99.4 Å². The second kappa shape index (κ2) is 7.66. The molecule has 0 saturated carbocycles. The minimum absolute atomic E-state index is 0.310. The topological polar surface area (TPSA) is 46.3 Å². The Balaban J connectivity index is 2.24. The lowest BCUT2D eigenvalue weighted by Crippen LogP contribution is -2.34. The number of likely N-dealkylation sites (tertiary alicyclic amines) is 1. The van der Waals surface area contributed by atoms with Gasteiger partial charge in [0.15, 0.2) is 0 Å². The van der Waals surface area contributed by atoms with E-state index in [0.717, 1.165) is 45.2 Å². The molecule has 1 fully saturated rings. The van der Waals surface area contributed by atoms with Crippen molar-refractivity contribution >= 4 is 5.91 Å². The van der Waals surface area contributed by atoms with E-state index >= 15 is 0 Å². The van der Waals surface area contributed by atoms with Crippen LogP contribution >= 0.6 is 0 Å². The molecule has 0 radical (unpaired) electrons. The van der Waals surface area contributed by atoms with E-state index in [4.69, 9.17) is 5.73 Å². The minimum Gasteiger partial charge on any atom is -0.343 e. The number of nitrogens with two attached hydrogens (primary N) is 1. The second-order valence-corrected chi connectivity index (χ2v) is 4.86. The zero-order valence-corrected chi connectivity index (χ0v) is 10.6. The van der Waals surface area contributed by atoms with Crippen LogP contribution in [0.15, 0.2) is 0 Å². The maximum atomic E-state index is 11.8. The number of amides is 1. The van der Waals surface area contributed by atoms with Gasteiger partial charge in [-0.25, -0.2) is 0 Å². The first-order chi connectivity index (χ1) is 7.74. The molecule has 3 nitrogen and oxygen atoms in total. The van der Waals surface area contributed by atoms with Gasteiger partial charge in [-0.15, -0.1) is 0 Å². The van der Waals surface area contributed by atoms with E-state index in [1.165, 1.54) is 19.3 Å². The molecule has 1 aliphatic heterocycles. The highest BCUT2D eigenvalue weighted by Gasteiger charge is 2.14. The third kappa shape index (κ3) is 4.97. The highest BCUT2D eigenvalue weighted by Crippen LogP contribution is 2.12. The van der Waals surface area contributed by atoms with Crippen molar-refractivity contribution in [1.82, 2.24) is 4.90 Å². The Hall–Kier alpha value is -0.570. The summed E-state index contributed by atoms with van der Waals surface area (Å²) >= 11 is 0. The molecule has 1 aliphatic rings. The van der Waals surface area contributed by atoms with Gasteiger partial charge >= 0.3 is 0 Å². The monoisotopic (exact) mass is 226 g/mol. The first-order valence-corrected chi connectivity index (χ1v) is 6.77. The van der Waals surface area contributed by atoms with Crippen molar-refractivity contribution < 1.29 is 4.79 Å². The normalized spacial score (nSPS) is 20.4. The van der Waals surface area contributed by atoms with Gasteiger partial charge in [-0.3, -0.25) is 4.79 Å². The lowest BCUT2D eigenvalue weighted by Gasteiger charge is -2.25. The van der Waals surface area contributed by atoms with Crippen molar-refractivity contribution in [2.24, 2.45) is 5.73 Å². The summed E-state index contributed by atoms with van der Waals surface area (Å²) in [5.74, 6) is 0.352. The van der Waals surface area contributed by atoms with Crippen LogP contribution < -0.4 is 5.73 Å². The first kappa shape index (κ1) is 13.5. The van der Waals surface area contributed by atoms with Crippen LogP contribution in [-0.4, -0.2) is 29.9 Å². The van der Waals surface area contributed by atoms with E-state index in [-0.39, 0.29) is 0 Å². The molecule has 0 bridgehead atoms. The predicted molar refractivity (Wildman–Crippen MR) is 67.2 cm³/mol. The summed E-state index contributed by atoms with van der Waals surface area (Å²) in [6, 6.07) is 0.310. The van der Waals surface area contributed by atoms with E-state index in [9.17, 15) is 4.79 Å². The summed E-state index contributed by atoms with van der Waals surface area (Å²) in [4.78, 5) is 13.9. The zero-order valence-electron chi connectivity index (χ0n) is 10.6. The van der Waals surface area contributed by atoms with Gasteiger partial charge in [0, 0.05) is 25.6 Å². The quantitative estimate of drug-likeness (QED) is 0.782. The lowest BCUT2D eigenvalue weighted by atomic mass is 10.1. The molecule has 0 aromatic heterocycles. The van der Waals surface area contributed by atoms with E-state index in [0.29, 0.717) is 11.9 Å². The largest absolute Gasteiger partial charge is 0.343 e. The summed E-state index contributed by atoms with van der Waals surface area (Å²) in [7, 11) is 0. The van der Waals surface area contributed by atoms with Gasteiger partial charge in [-0.2, -0.15) is 0 Å². The van der Waals surface area contributed by atoms with Crippen LogP contribution in [0.25, 0.3) is 0 Å². The van der Waals surface area contributed by atoms with Crippen molar-refractivity contribution in [1.29, 1.82) is 0 Å². The molecule has 0 spiro atoms. The van der Waals surface area contributed by atoms with Crippen molar-refractivity contribution in [2.45, 2.75) is 64.3 Å². The zero-order chi connectivity index (χ0) is 11.8. The molecule has 1 saturated heterocycles. The fourth-order valence-electron chi connectivity index (χ4n) is 2.20. The van der Waals surface area contributed by atoms with E-state index < -0.39 is 0 Å². The number of carbonyl (C=O) groups is 1. The van der Waals surface area contributed by atoms with Gasteiger partial charge in [0.2, 0.25) is 5.91 Å². The highest BCUT2D eigenvalue weighted by atomic mass is 16.2. The molecule has 1 rings (SSSR count). The minimum atomic E-state index is 0.310. The molecule has 1 amide bonds. The van der Waals surface area contributed by atoms with Crippen molar-refractivity contribution in [3.8, 4) is 0 Å². The number of hydrogen-bond acceptors (Lipinski definition) is 2. The van der Waals surface area contributed by atoms with Gasteiger partial charge in [0.25, 0.3) is 0 Å². The first-order valence-electron chi connectivity index (χ1n) is 6.77. The molecule has 2 N–H and O–H groups in total. The molecule has 0 aromatic rings. The Morgan fingerprint density at radius 1 is 1.31 bits per heavy atom. The second-order valence-electron chi connectivity index (χ2n) is 4.86. The third-order valence-corrected chi connectivity index (χ3v) is 3.45. The Morgan fingerprint density at radius 2 is 2.06 bits per heavy atom. The molecule has 3 heteroatoms. The molecule has 16 heavy (non-hydrogen) atoms. The van der Waals surface area contributed by atoms with Gasteiger partial charge < -0.3 is 10.6 Å². The average molecular weight is 226 g/mol. The summed E-state index contributed by atoms with van der Waals surface area (Å²) in [5.41, 5.74) is 5.88. The number of carbonyl (C=O) groups excluding carboxylic acids is 1. The fourth-order valence-corrected chi connectivity index (χ4v) is 2.20. The van der Waals surface area contributed by atoms with Gasteiger partial charge in [0.1, 0.15) is 0 Å². The van der Waals surface area contributed by atoms with Crippen LogP contribution in [0.5, 0.6) is 0 Å². The highest BCUT2D eigenvalue weighted by molar-refractivity contribution is 5.76. The standard InChI is InChI=1S/C13H26N2O/c1-2-12(14)8-7-11-15-10-6-4-3-5-9-13(15)16/h12H,2-11,14H2,1H3. The summed E-state index contributed by atoms with van der Waals surface area (Å²) in [6.45, 7) is 3.98. The number of nitrogens with zero attached hydrogens (tertiary/aromatic N) is 1. The van der Waals surface area contributed by atoms with E-state index in [2.05, 4.69) is 6.92 Å². The molecule has 0 aromatic carbocycles. The van der Waals surface area contributed by atoms with Crippen LogP contribution in [0.2, 0.25) is 0 Å². The maximum absolute atomic E-state index is 11.8. The van der Waals surface area contributed by atoms with Gasteiger partial charge in [-0.1, -0.05) is 19.8 Å². The average Bonchev–Trinajstić information content (AvgIpc) is 2.27. The van der Waals surface area contributed by atoms with Crippen LogP contribution in [0.1, 0.15) is 58.3 Å². The SMILES string of the molecule is CCC(N)CCCN1CCCCCCC1=O.